The van der Waals surface area contributed by atoms with Crippen LogP contribution in [0.2, 0.25) is 0 Å². The summed E-state index contributed by atoms with van der Waals surface area (Å²) in [5.74, 6) is 0.733. The minimum Gasteiger partial charge on any atom is -0.355 e. The number of rotatable bonds is 4. The maximum atomic E-state index is 12.8. The molecule has 0 aliphatic carbocycles. The summed E-state index contributed by atoms with van der Waals surface area (Å²) in [5.41, 5.74) is 4.56. The molecule has 1 unspecified atom stereocenters. The van der Waals surface area contributed by atoms with Crippen LogP contribution in [0.5, 0.6) is 0 Å². The fraction of sp³-hybridized carbons (Fsp3) is 0.316. The first-order valence-corrected chi connectivity index (χ1v) is 8.24. The minimum absolute atomic E-state index is 0.0191. The van der Waals surface area contributed by atoms with Gasteiger partial charge in [-0.2, -0.15) is 9.61 Å². The number of nitrogens with zero attached hydrogens (tertiary/aromatic N) is 4. The van der Waals surface area contributed by atoms with E-state index in [0.717, 1.165) is 34.0 Å². The number of carbonyl (C=O) groups excluding carboxylic acids is 1. The van der Waals surface area contributed by atoms with Crippen molar-refractivity contribution < 1.29 is 4.79 Å². The topological polar surface area (TPSA) is 62.5 Å². The fourth-order valence-electron chi connectivity index (χ4n) is 2.79. The summed E-state index contributed by atoms with van der Waals surface area (Å²) in [6.45, 7) is 5.91. The highest BCUT2D eigenvalue weighted by Crippen LogP contribution is 2.24. The average Bonchev–Trinajstić information content (AvgIpc) is 2.88. The number of hydrogen-bond donors (Lipinski definition) is 1. The van der Waals surface area contributed by atoms with Gasteiger partial charge in [0, 0.05) is 31.4 Å². The van der Waals surface area contributed by atoms with Crippen molar-refractivity contribution in [2.24, 2.45) is 0 Å². The molecule has 0 saturated heterocycles. The molecule has 0 bridgehead atoms. The standard InChI is InChI=1S/C19H23N5O/c1-12-11-16(24-18(20-12)13(2)14(3)22-24)21-17(19(25)23(4)5)15-9-7-6-8-10-15/h6-11,17,21H,1-5H3. The summed E-state index contributed by atoms with van der Waals surface area (Å²) in [6.07, 6.45) is 0. The molecule has 0 aliphatic heterocycles. The number of fused-ring (bicyclic) bond motifs is 1. The van der Waals surface area contributed by atoms with E-state index >= 15 is 0 Å². The first-order valence-electron chi connectivity index (χ1n) is 8.24. The van der Waals surface area contributed by atoms with E-state index in [1.807, 2.05) is 57.2 Å². The molecule has 1 N–H and O–H groups in total. The monoisotopic (exact) mass is 337 g/mol. The molecule has 0 fully saturated rings. The van der Waals surface area contributed by atoms with Crippen LogP contribution in [0.1, 0.15) is 28.6 Å². The van der Waals surface area contributed by atoms with Crippen molar-refractivity contribution in [3.63, 3.8) is 0 Å². The summed E-state index contributed by atoms with van der Waals surface area (Å²) >= 11 is 0. The number of aryl methyl sites for hydroxylation is 3. The summed E-state index contributed by atoms with van der Waals surface area (Å²) in [6, 6.07) is 11.1. The SMILES string of the molecule is Cc1cc(NC(C(=O)N(C)C)c2ccccc2)n2nc(C)c(C)c2n1. The molecular weight excluding hydrogens is 314 g/mol. The van der Waals surface area contributed by atoms with Gasteiger partial charge in [-0.15, -0.1) is 0 Å². The van der Waals surface area contributed by atoms with Gasteiger partial charge in [0.05, 0.1) is 5.69 Å². The second-order valence-electron chi connectivity index (χ2n) is 6.45. The quantitative estimate of drug-likeness (QED) is 0.795. The van der Waals surface area contributed by atoms with Crippen molar-refractivity contribution >= 4 is 17.4 Å². The van der Waals surface area contributed by atoms with E-state index in [1.165, 1.54) is 0 Å². The first kappa shape index (κ1) is 17.0. The summed E-state index contributed by atoms with van der Waals surface area (Å²) < 4.78 is 1.77. The molecule has 1 atom stereocenters. The van der Waals surface area contributed by atoms with Crippen molar-refractivity contribution in [2.75, 3.05) is 19.4 Å². The van der Waals surface area contributed by atoms with Crippen LogP contribution in [0.15, 0.2) is 36.4 Å². The Morgan fingerprint density at radius 3 is 2.48 bits per heavy atom. The number of hydrogen-bond acceptors (Lipinski definition) is 4. The minimum atomic E-state index is -0.494. The van der Waals surface area contributed by atoms with Gasteiger partial charge in [-0.25, -0.2) is 4.98 Å². The molecule has 1 amide bonds. The van der Waals surface area contributed by atoms with E-state index in [1.54, 1.807) is 23.5 Å². The number of benzene rings is 1. The molecule has 0 radical (unpaired) electrons. The summed E-state index contributed by atoms with van der Waals surface area (Å²) in [7, 11) is 3.52. The van der Waals surface area contributed by atoms with Gasteiger partial charge in [-0.1, -0.05) is 30.3 Å². The molecule has 2 heterocycles. The molecule has 6 heteroatoms. The maximum Gasteiger partial charge on any atom is 0.249 e. The highest BCUT2D eigenvalue weighted by atomic mass is 16.2. The highest BCUT2D eigenvalue weighted by molar-refractivity contribution is 5.85. The Labute approximate surface area is 147 Å². The van der Waals surface area contributed by atoms with Gasteiger partial charge in [0.1, 0.15) is 11.9 Å². The van der Waals surface area contributed by atoms with Gasteiger partial charge in [0.15, 0.2) is 5.65 Å². The van der Waals surface area contributed by atoms with Crippen molar-refractivity contribution in [3.05, 3.63) is 58.9 Å². The lowest BCUT2D eigenvalue weighted by molar-refractivity contribution is -0.129. The predicted octanol–water partition coefficient (Wildman–Crippen LogP) is 2.90. The third-order valence-electron chi connectivity index (χ3n) is 4.30. The Morgan fingerprint density at radius 2 is 1.84 bits per heavy atom. The van der Waals surface area contributed by atoms with Gasteiger partial charge in [0.2, 0.25) is 5.91 Å². The van der Waals surface area contributed by atoms with Crippen LogP contribution in [0.4, 0.5) is 5.82 Å². The largest absolute Gasteiger partial charge is 0.355 e. The average molecular weight is 337 g/mol. The van der Waals surface area contributed by atoms with E-state index in [-0.39, 0.29) is 5.91 Å². The number of carbonyl (C=O) groups is 1. The number of aromatic nitrogens is 3. The zero-order valence-electron chi connectivity index (χ0n) is 15.2. The van der Waals surface area contributed by atoms with Crippen molar-refractivity contribution in [3.8, 4) is 0 Å². The van der Waals surface area contributed by atoms with E-state index in [0.29, 0.717) is 0 Å². The smallest absolute Gasteiger partial charge is 0.249 e. The van der Waals surface area contributed by atoms with E-state index in [9.17, 15) is 4.79 Å². The molecule has 6 nitrogen and oxygen atoms in total. The van der Waals surface area contributed by atoms with Crippen LogP contribution in [-0.4, -0.2) is 39.5 Å². The molecule has 3 aromatic rings. The third kappa shape index (κ3) is 3.20. The molecule has 2 aromatic heterocycles. The summed E-state index contributed by atoms with van der Waals surface area (Å²) in [4.78, 5) is 18.9. The second kappa shape index (κ2) is 6.55. The van der Waals surface area contributed by atoms with Gasteiger partial charge in [-0.3, -0.25) is 4.79 Å². The number of anilines is 1. The lowest BCUT2D eigenvalue weighted by atomic mass is 10.1. The molecule has 0 aliphatic rings. The Bertz CT molecular complexity index is 914. The number of nitrogens with one attached hydrogen (secondary N) is 1. The molecule has 0 saturated carbocycles. The third-order valence-corrected chi connectivity index (χ3v) is 4.30. The van der Waals surface area contributed by atoms with Crippen LogP contribution in [0, 0.1) is 20.8 Å². The normalized spacial score (nSPS) is 12.2. The fourth-order valence-corrected chi connectivity index (χ4v) is 2.79. The van der Waals surface area contributed by atoms with Crippen molar-refractivity contribution in [2.45, 2.75) is 26.8 Å². The van der Waals surface area contributed by atoms with E-state index in [4.69, 9.17) is 0 Å². The molecule has 0 spiro atoms. The summed E-state index contributed by atoms with van der Waals surface area (Å²) in [5, 5.41) is 7.94. The van der Waals surface area contributed by atoms with Gasteiger partial charge >= 0.3 is 0 Å². The zero-order valence-corrected chi connectivity index (χ0v) is 15.2. The van der Waals surface area contributed by atoms with Gasteiger partial charge < -0.3 is 10.2 Å². The van der Waals surface area contributed by atoms with E-state index in [2.05, 4.69) is 15.4 Å². The maximum absolute atomic E-state index is 12.8. The van der Waals surface area contributed by atoms with Crippen LogP contribution < -0.4 is 5.32 Å². The molecule has 1 aromatic carbocycles. The lowest BCUT2D eigenvalue weighted by Gasteiger charge is -2.23. The Morgan fingerprint density at radius 1 is 1.16 bits per heavy atom. The van der Waals surface area contributed by atoms with Crippen LogP contribution in [0.3, 0.4) is 0 Å². The number of likely N-dealkylation sites (N-methyl/N-ethyl adjacent to an activating group) is 1. The zero-order chi connectivity index (χ0) is 18.1. The Hall–Kier alpha value is -2.89. The van der Waals surface area contributed by atoms with Crippen LogP contribution in [0.25, 0.3) is 5.65 Å². The number of amides is 1. The van der Waals surface area contributed by atoms with Crippen LogP contribution >= 0.6 is 0 Å². The lowest BCUT2D eigenvalue weighted by Crippen LogP contribution is -2.33. The Balaban J connectivity index is 2.10. The molecule has 130 valence electrons. The van der Waals surface area contributed by atoms with E-state index < -0.39 is 6.04 Å². The molecule has 3 rings (SSSR count). The Kier molecular flexibility index (Phi) is 4.44. The second-order valence-corrected chi connectivity index (χ2v) is 6.45. The molecular formula is C19H23N5O. The van der Waals surface area contributed by atoms with Gasteiger partial charge in [-0.05, 0) is 26.3 Å². The van der Waals surface area contributed by atoms with Crippen molar-refractivity contribution in [1.29, 1.82) is 0 Å². The van der Waals surface area contributed by atoms with Crippen LogP contribution in [-0.2, 0) is 4.79 Å². The van der Waals surface area contributed by atoms with Gasteiger partial charge in [0.25, 0.3) is 0 Å². The predicted molar refractivity (Wildman–Crippen MR) is 98.7 cm³/mol. The van der Waals surface area contributed by atoms with Crippen molar-refractivity contribution in [1.82, 2.24) is 19.5 Å². The first-order chi connectivity index (χ1) is 11.9. The molecule has 25 heavy (non-hydrogen) atoms. The highest BCUT2D eigenvalue weighted by Gasteiger charge is 2.23.